The van der Waals surface area contributed by atoms with Crippen LogP contribution in [0.4, 0.5) is 8.78 Å². The van der Waals surface area contributed by atoms with Crippen molar-refractivity contribution in [2.24, 2.45) is 0 Å². The van der Waals surface area contributed by atoms with Gasteiger partial charge in [0.25, 0.3) is 11.7 Å². The smallest absolute Gasteiger partial charge is 0.288 e. The summed E-state index contributed by atoms with van der Waals surface area (Å²) in [6.07, 6.45) is 0. The Morgan fingerprint density at radius 2 is 1.76 bits per heavy atom. The van der Waals surface area contributed by atoms with E-state index in [9.17, 15) is 13.6 Å². The fraction of sp³-hybridized carbons (Fsp3) is 0.417. The number of nitrogens with zero attached hydrogens (tertiary/aromatic N) is 1. The second-order valence-corrected chi connectivity index (χ2v) is 4.44. The highest BCUT2D eigenvalue weighted by molar-refractivity contribution is 7.99. The molecule has 0 spiro atoms. The average Bonchev–Trinajstić information content (AvgIpc) is 2.30. The van der Waals surface area contributed by atoms with Crippen molar-refractivity contribution in [3.8, 4) is 0 Å². The second kappa shape index (κ2) is 6.59. The van der Waals surface area contributed by atoms with Crippen LogP contribution in [0, 0.1) is 0 Å². The van der Waals surface area contributed by atoms with Gasteiger partial charge in [-0.1, -0.05) is 11.8 Å². The minimum Gasteiger partial charge on any atom is -0.339 e. The predicted octanol–water partition coefficient (Wildman–Crippen LogP) is 3.48. The lowest BCUT2D eigenvalue weighted by atomic mass is 10.2. The molecule has 5 heteroatoms. The number of amides is 1. The summed E-state index contributed by atoms with van der Waals surface area (Å²) in [5.41, 5.74) is 0.535. The number of alkyl halides is 2. The topological polar surface area (TPSA) is 20.3 Å². The molecule has 0 N–H and O–H groups in total. The molecule has 2 nitrogen and oxygen atoms in total. The van der Waals surface area contributed by atoms with Crippen LogP contribution < -0.4 is 0 Å². The Morgan fingerprint density at radius 1 is 1.24 bits per heavy atom. The van der Waals surface area contributed by atoms with Crippen LogP contribution in [-0.2, 0) is 0 Å². The fourth-order valence-corrected chi connectivity index (χ4v) is 1.97. The number of benzene rings is 1. The fourth-order valence-electron chi connectivity index (χ4n) is 1.47. The Bertz CT molecular complexity index is 363. The van der Waals surface area contributed by atoms with E-state index in [0.717, 1.165) is 0 Å². The van der Waals surface area contributed by atoms with E-state index >= 15 is 0 Å². The molecule has 17 heavy (non-hydrogen) atoms. The molecule has 0 bridgehead atoms. The van der Waals surface area contributed by atoms with Gasteiger partial charge in [0.2, 0.25) is 0 Å². The van der Waals surface area contributed by atoms with E-state index in [1.165, 1.54) is 0 Å². The maximum absolute atomic E-state index is 12.1. The number of carbonyl (C=O) groups is 1. The Kier molecular flexibility index (Phi) is 5.41. The molecule has 0 fully saturated rings. The first-order valence-electron chi connectivity index (χ1n) is 5.42. The van der Waals surface area contributed by atoms with E-state index in [1.807, 2.05) is 13.8 Å². The van der Waals surface area contributed by atoms with Crippen molar-refractivity contribution in [2.75, 3.05) is 13.1 Å². The van der Waals surface area contributed by atoms with Crippen LogP contribution in [-0.4, -0.2) is 29.7 Å². The Labute approximate surface area is 104 Å². The average molecular weight is 259 g/mol. The molecule has 0 saturated heterocycles. The minimum atomic E-state index is -2.43. The number of carbonyl (C=O) groups excluding carboxylic acids is 1. The highest BCUT2D eigenvalue weighted by Crippen LogP contribution is 2.25. The minimum absolute atomic E-state index is 0.0661. The van der Waals surface area contributed by atoms with E-state index in [1.54, 1.807) is 29.2 Å². The molecule has 0 unspecified atom stereocenters. The zero-order valence-electron chi connectivity index (χ0n) is 9.82. The lowest BCUT2D eigenvalue weighted by Crippen LogP contribution is -2.30. The Hall–Kier alpha value is -1.10. The molecule has 0 saturated carbocycles. The molecule has 0 atom stereocenters. The molecular weight excluding hydrogens is 244 g/mol. The summed E-state index contributed by atoms with van der Waals surface area (Å²) in [6.45, 7) is 5.09. The zero-order valence-corrected chi connectivity index (χ0v) is 10.6. The number of hydrogen-bond donors (Lipinski definition) is 0. The van der Waals surface area contributed by atoms with Crippen LogP contribution in [0.5, 0.6) is 0 Å². The first-order valence-corrected chi connectivity index (χ1v) is 6.30. The highest BCUT2D eigenvalue weighted by Gasteiger charge is 2.12. The van der Waals surface area contributed by atoms with Gasteiger partial charge in [0.05, 0.1) is 0 Å². The molecule has 0 radical (unpaired) electrons. The quantitative estimate of drug-likeness (QED) is 0.754. The third kappa shape index (κ3) is 4.00. The molecule has 1 amide bonds. The molecule has 1 aromatic rings. The van der Waals surface area contributed by atoms with Crippen LogP contribution in [0.2, 0.25) is 0 Å². The van der Waals surface area contributed by atoms with Crippen molar-refractivity contribution in [3.05, 3.63) is 29.8 Å². The standard InChI is InChI=1S/C12H15F2NOS/c1-3-15(4-2)11(16)9-5-7-10(8-6-9)17-12(13)14/h5-8,12H,3-4H2,1-2H3. The van der Waals surface area contributed by atoms with Gasteiger partial charge in [0, 0.05) is 23.5 Å². The normalized spacial score (nSPS) is 10.6. The summed E-state index contributed by atoms with van der Waals surface area (Å²) in [6, 6.07) is 6.28. The Morgan fingerprint density at radius 3 is 2.18 bits per heavy atom. The lowest BCUT2D eigenvalue weighted by molar-refractivity contribution is 0.0773. The third-order valence-electron chi connectivity index (χ3n) is 2.38. The first kappa shape index (κ1) is 14.0. The van der Waals surface area contributed by atoms with Crippen molar-refractivity contribution in [1.29, 1.82) is 0 Å². The number of thioether (sulfide) groups is 1. The van der Waals surface area contributed by atoms with Crippen LogP contribution in [0.3, 0.4) is 0 Å². The van der Waals surface area contributed by atoms with Crippen LogP contribution >= 0.6 is 11.8 Å². The van der Waals surface area contributed by atoms with E-state index in [2.05, 4.69) is 0 Å². The van der Waals surface area contributed by atoms with Gasteiger partial charge in [-0.25, -0.2) is 0 Å². The molecule has 1 rings (SSSR count). The summed E-state index contributed by atoms with van der Waals surface area (Å²) in [5.74, 6) is -2.50. The van der Waals surface area contributed by atoms with Gasteiger partial charge < -0.3 is 4.90 Å². The summed E-state index contributed by atoms with van der Waals surface area (Å²) in [4.78, 5) is 14.1. The molecule has 94 valence electrons. The van der Waals surface area contributed by atoms with Crippen LogP contribution in [0.15, 0.2) is 29.2 Å². The summed E-state index contributed by atoms with van der Waals surface area (Å²) < 4.78 is 24.2. The first-order chi connectivity index (χ1) is 8.08. The van der Waals surface area contributed by atoms with E-state index < -0.39 is 5.76 Å². The molecule has 0 heterocycles. The molecular formula is C12H15F2NOS. The largest absolute Gasteiger partial charge is 0.339 e. The van der Waals surface area contributed by atoms with Gasteiger partial charge in [0.1, 0.15) is 0 Å². The number of hydrogen-bond acceptors (Lipinski definition) is 2. The summed E-state index contributed by atoms with van der Waals surface area (Å²) in [5, 5.41) is 0. The predicted molar refractivity (Wildman–Crippen MR) is 65.6 cm³/mol. The van der Waals surface area contributed by atoms with Crippen LogP contribution in [0.1, 0.15) is 24.2 Å². The highest BCUT2D eigenvalue weighted by atomic mass is 32.2. The van der Waals surface area contributed by atoms with Crippen molar-refractivity contribution in [2.45, 2.75) is 24.5 Å². The number of rotatable bonds is 5. The number of halogens is 2. The third-order valence-corrected chi connectivity index (χ3v) is 3.10. The van der Waals surface area contributed by atoms with E-state index in [0.29, 0.717) is 35.3 Å². The van der Waals surface area contributed by atoms with Gasteiger partial charge in [0.15, 0.2) is 0 Å². The molecule has 1 aromatic carbocycles. The second-order valence-electron chi connectivity index (χ2n) is 3.38. The molecule has 0 aliphatic carbocycles. The van der Waals surface area contributed by atoms with Crippen molar-refractivity contribution in [1.82, 2.24) is 4.90 Å². The maximum Gasteiger partial charge on any atom is 0.288 e. The maximum atomic E-state index is 12.1. The van der Waals surface area contributed by atoms with Crippen molar-refractivity contribution >= 4 is 17.7 Å². The monoisotopic (exact) mass is 259 g/mol. The van der Waals surface area contributed by atoms with Crippen molar-refractivity contribution in [3.63, 3.8) is 0 Å². The van der Waals surface area contributed by atoms with Gasteiger partial charge in [-0.05, 0) is 38.1 Å². The van der Waals surface area contributed by atoms with Gasteiger partial charge >= 0.3 is 0 Å². The van der Waals surface area contributed by atoms with E-state index in [-0.39, 0.29) is 5.91 Å². The SMILES string of the molecule is CCN(CC)C(=O)c1ccc(SC(F)F)cc1. The van der Waals surface area contributed by atoms with Gasteiger partial charge in [-0.3, -0.25) is 4.79 Å². The Balaban J connectivity index is 2.76. The summed E-state index contributed by atoms with van der Waals surface area (Å²) >= 11 is 0.481. The van der Waals surface area contributed by atoms with E-state index in [4.69, 9.17) is 0 Å². The zero-order chi connectivity index (χ0) is 12.8. The van der Waals surface area contributed by atoms with Crippen molar-refractivity contribution < 1.29 is 13.6 Å². The van der Waals surface area contributed by atoms with Gasteiger partial charge in [-0.2, -0.15) is 8.78 Å². The van der Waals surface area contributed by atoms with Crippen LogP contribution in [0.25, 0.3) is 0 Å². The lowest BCUT2D eigenvalue weighted by Gasteiger charge is -2.18. The van der Waals surface area contributed by atoms with Gasteiger partial charge in [-0.15, -0.1) is 0 Å². The molecule has 0 aliphatic rings. The molecule has 0 aliphatic heterocycles. The summed E-state index contributed by atoms with van der Waals surface area (Å²) in [7, 11) is 0. The molecule has 0 aromatic heterocycles.